The largest absolute Gasteiger partial charge is 0.457 e. The maximum atomic E-state index is 12.6. The lowest BCUT2D eigenvalue weighted by molar-refractivity contribution is -0.213. The van der Waals surface area contributed by atoms with Gasteiger partial charge in [0, 0.05) is 13.8 Å². The van der Waals surface area contributed by atoms with Crippen molar-refractivity contribution in [3.8, 4) is 0 Å². The summed E-state index contributed by atoms with van der Waals surface area (Å²) in [6, 6.07) is 38.6. The van der Waals surface area contributed by atoms with Gasteiger partial charge in [0.05, 0.1) is 33.0 Å². The second kappa shape index (κ2) is 19.9. The number of hydrogen-bond acceptors (Lipinski definition) is 8. The van der Waals surface area contributed by atoms with Gasteiger partial charge < -0.3 is 28.4 Å². The van der Waals surface area contributed by atoms with E-state index in [-0.39, 0.29) is 33.0 Å². The standard InChI is InChI=1S/C40H44O8/c1-4-36(47-30(2)41)38(44-26-33-19-11-6-12-20-33)40(46-28-35-23-15-8-16-24-35)39(45-27-34-21-13-7-14-22-34)37(48-31(3)42)29-43-25-32-17-9-5-10-18-32/h4-24,36-40H,1,25-29H2,2-3H3/t36-,37+,38-,39-,40+/m0/s1. The Balaban J connectivity index is 1.75. The molecule has 0 fully saturated rings. The molecule has 0 radical (unpaired) electrons. The van der Waals surface area contributed by atoms with Gasteiger partial charge in [-0.25, -0.2) is 0 Å². The van der Waals surface area contributed by atoms with Crippen molar-refractivity contribution in [1.82, 2.24) is 0 Å². The quantitative estimate of drug-likeness (QED) is 0.0745. The molecule has 0 aromatic heterocycles. The molecule has 0 N–H and O–H groups in total. The van der Waals surface area contributed by atoms with Crippen LogP contribution in [0.2, 0.25) is 0 Å². The third-order valence-corrected chi connectivity index (χ3v) is 7.44. The number of carbonyl (C=O) groups is 2. The first-order valence-electron chi connectivity index (χ1n) is 16.0. The zero-order chi connectivity index (χ0) is 34.0. The van der Waals surface area contributed by atoms with E-state index in [2.05, 4.69) is 6.58 Å². The number of hydrogen-bond donors (Lipinski definition) is 0. The Kier molecular flexibility index (Phi) is 15.0. The molecule has 0 saturated carbocycles. The van der Waals surface area contributed by atoms with Crippen LogP contribution in [0.3, 0.4) is 0 Å². The summed E-state index contributed by atoms with van der Waals surface area (Å²) in [5, 5.41) is 0. The van der Waals surface area contributed by atoms with Crippen molar-refractivity contribution in [1.29, 1.82) is 0 Å². The zero-order valence-corrected chi connectivity index (χ0v) is 27.5. The van der Waals surface area contributed by atoms with Gasteiger partial charge in [0.25, 0.3) is 0 Å². The SMILES string of the molecule is C=C[C@H](OC(C)=O)[C@H](OCc1ccccc1)[C@@H](OCc1ccccc1)[C@@H](OCc1ccccc1)[C@@H](COCc1ccccc1)OC(C)=O. The van der Waals surface area contributed by atoms with Crippen molar-refractivity contribution in [3.05, 3.63) is 156 Å². The van der Waals surface area contributed by atoms with Gasteiger partial charge in [0.2, 0.25) is 0 Å². The Morgan fingerprint density at radius 2 is 0.917 bits per heavy atom. The highest BCUT2D eigenvalue weighted by Gasteiger charge is 2.43. The molecule has 0 amide bonds. The van der Waals surface area contributed by atoms with Crippen LogP contribution < -0.4 is 0 Å². The molecule has 4 aromatic carbocycles. The van der Waals surface area contributed by atoms with E-state index in [1.807, 2.05) is 121 Å². The van der Waals surface area contributed by atoms with E-state index in [9.17, 15) is 9.59 Å². The minimum Gasteiger partial charge on any atom is -0.457 e. The van der Waals surface area contributed by atoms with E-state index in [1.54, 1.807) is 0 Å². The summed E-state index contributed by atoms with van der Waals surface area (Å²) >= 11 is 0. The van der Waals surface area contributed by atoms with Crippen LogP contribution in [0.4, 0.5) is 0 Å². The summed E-state index contributed by atoms with van der Waals surface area (Å²) in [5.74, 6) is -1.03. The number of rotatable bonds is 20. The van der Waals surface area contributed by atoms with Crippen molar-refractivity contribution < 1.29 is 38.0 Å². The first kappa shape index (κ1) is 36.2. The molecule has 48 heavy (non-hydrogen) atoms. The van der Waals surface area contributed by atoms with Gasteiger partial charge in [0.1, 0.15) is 24.4 Å². The van der Waals surface area contributed by atoms with Crippen molar-refractivity contribution in [2.24, 2.45) is 0 Å². The molecule has 5 atom stereocenters. The normalized spacial score (nSPS) is 14.2. The van der Waals surface area contributed by atoms with E-state index in [0.717, 1.165) is 22.3 Å². The van der Waals surface area contributed by atoms with Crippen molar-refractivity contribution >= 4 is 11.9 Å². The summed E-state index contributed by atoms with van der Waals surface area (Å²) in [6.07, 6.45) is -3.16. The van der Waals surface area contributed by atoms with Crippen molar-refractivity contribution in [3.63, 3.8) is 0 Å². The fraction of sp³-hybridized carbons (Fsp3) is 0.300. The van der Waals surface area contributed by atoms with Crippen LogP contribution in [0, 0.1) is 0 Å². The molecule has 0 aliphatic carbocycles. The molecule has 0 heterocycles. The highest BCUT2D eigenvalue weighted by atomic mass is 16.6. The lowest BCUT2D eigenvalue weighted by atomic mass is 9.97. The molecule has 252 valence electrons. The number of esters is 2. The van der Waals surface area contributed by atoms with E-state index < -0.39 is 42.5 Å². The molecule has 4 rings (SSSR count). The van der Waals surface area contributed by atoms with E-state index in [1.165, 1.54) is 19.9 Å². The highest BCUT2D eigenvalue weighted by Crippen LogP contribution is 2.26. The monoisotopic (exact) mass is 652 g/mol. The summed E-state index contributed by atoms with van der Waals surface area (Å²) in [7, 11) is 0. The lowest BCUT2D eigenvalue weighted by Crippen LogP contribution is -2.55. The van der Waals surface area contributed by atoms with Crippen LogP contribution in [0.5, 0.6) is 0 Å². The fourth-order valence-corrected chi connectivity index (χ4v) is 5.18. The number of benzene rings is 4. The third kappa shape index (κ3) is 12.2. The second-order valence-electron chi connectivity index (χ2n) is 11.2. The lowest BCUT2D eigenvalue weighted by Gasteiger charge is -2.39. The van der Waals surface area contributed by atoms with E-state index in [0.29, 0.717) is 0 Å². The summed E-state index contributed by atoms with van der Waals surface area (Å²) in [6.45, 7) is 7.43. The van der Waals surface area contributed by atoms with Crippen LogP contribution in [-0.4, -0.2) is 49.1 Å². The Labute approximate surface area is 283 Å². The highest BCUT2D eigenvalue weighted by molar-refractivity contribution is 5.66. The first-order valence-corrected chi connectivity index (χ1v) is 16.0. The minimum absolute atomic E-state index is 0.00312. The van der Waals surface area contributed by atoms with Crippen LogP contribution in [0.1, 0.15) is 36.1 Å². The third-order valence-electron chi connectivity index (χ3n) is 7.44. The van der Waals surface area contributed by atoms with Crippen LogP contribution in [0.25, 0.3) is 0 Å². The van der Waals surface area contributed by atoms with E-state index in [4.69, 9.17) is 28.4 Å². The smallest absolute Gasteiger partial charge is 0.303 e. The Bertz CT molecular complexity index is 1500. The second-order valence-corrected chi connectivity index (χ2v) is 11.2. The Morgan fingerprint density at radius 3 is 1.31 bits per heavy atom. The van der Waals surface area contributed by atoms with Gasteiger partial charge in [-0.1, -0.05) is 128 Å². The summed E-state index contributed by atoms with van der Waals surface area (Å²) < 4.78 is 37.7. The van der Waals surface area contributed by atoms with Gasteiger partial charge in [-0.05, 0) is 28.3 Å². The number of ether oxygens (including phenoxy) is 6. The zero-order valence-electron chi connectivity index (χ0n) is 27.5. The average molecular weight is 653 g/mol. The Morgan fingerprint density at radius 1 is 0.542 bits per heavy atom. The minimum atomic E-state index is -0.940. The molecule has 0 saturated heterocycles. The van der Waals surface area contributed by atoms with Crippen molar-refractivity contribution in [2.75, 3.05) is 6.61 Å². The topological polar surface area (TPSA) is 89.5 Å². The molecule has 4 aromatic rings. The van der Waals surface area contributed by atoms with Gasteiger partial charge >= 0.3 is 11.9 Å². The summed E-state index contributed by atoms with van der Waals surface area (Å²) in [5.41, 5.74) is 3.67. The van der Waals surface area contributed by atoms with Crippen LogP contribution >= 0.6 is 0 Å². The molecule has 0 bridgehead atoms. The fourth-order valence-electron chi connectivity index (χ4n) is 5.18. The van der Waals surface area contributed by atoms with Crippen LogP contribution in [-0.2, 0) is 64.4 Å². The summed E-state index contributed by atoms with van der Waals surface area (Å²) in [4.78, 5) is 24.9. The predicted octanol–water partition coefficient (Wildman–Crippen LogP) is 7.01. The maximum Gasteiger partial charge on any atom is 0.303 e. The molecule has 0 unspecified atom stereocenters. The molecule has 0 spiro atoms. The number of carbonyl (C=O) groups excluding carboxylic acids is 2. The van der Waals surface area contributed by atoms with Gasteiger partial charge in [-0.15, -0.1) is 0 Å². The molecule has 0 aliphatic rings. The van der Waals surface area contributed by atoms with Gasteiger partial charge in [-0.3, -0.25) is 9.59 Å². The maximum absolute atomic E-state index is 12.6. The van der Waals surface area contributed by atoms with Gasteiger partial charge in [0.15, 0.2) is 6.10 Å². The van der Waals surface area contributed by atoms with Gasteiger partial charge in [-0.2, -0.15) is 0 Å². The molecule has 8 nitrogen and oxygen atoms in total. The molecule has 8 heteroatoms. The first-order chi connectivity index (χ1) is 23.4. The molecular formula is C40H44O8. The average Bonchev–Trinajstić information content (AvgIpc) is 3.11. The van der Waals surface area contributed by atoms with Crippen molar-refractivity contribution in [2.45, 2.75) is 70.8 Å². The predicted molar refractivity (Wildman–Crippen MR) is 182 cm³/mol. The van der Waals surface area contributed by atoms with Crippen LogP contribution in [0.15, 0.2) is 134 Å². The Hall–Kier alpha value is -4.60. The van der Waals surface area contributed by atoms with E-state index >= 15 is 0 Å². The molecule has 0 aliphatic heterocycles. The molecular weight excluding hydrogens is 608 g/mol.